The van der Waals surface area contributed by atoms with Gasteiger partial charge in [0.25, 0.3) is 0 Å². The summed E-state index contributed by atoms with van der Waals surface area (Å²) in [6, 6.07) is 4.94. The number of rotatable bonds is 2. The van der Waals surface area contributed by atoms with Crippen LogP contribution >= 0.6 is 0 Å². The third-order valence-corrected chi connectivity index (χ3v) is 3.35. The molecule has 0 spiro atoms. The lowest BCUT2D eigenvalue weighted by Crippen LogP contribution is -2.53. The molecule has 1 amide bonds. The maximum atomic E-state index is 12.9. The molecule has 2 atom stereocenters. The number of carbonyl (C=O) groups excluding carboxylic acids is 1. The van der Waals surface area contributed by atoms with Crippen molar-refractivity contribution in [3.8, 4) is 0 Å². The van der Waals surface area contributed by atoms with Gasteiger partial charge in [0.2, 0.25) is 0 Å². The molecule has 0 aromatic heterocycles. The first-order valence-electron chi connectivity index (χ1n) is 6.22. The van der Waals surface area contributed by atoms with Gasteiger partial charge in [-0.3, -0.25) is 4.79 Å². The molecule has 0 radical (unpaired) electrons. The van der Waals surface area contributed by atoms with Gasteiger partial charge in [-0.1, -0.05) is 12.1 Å². The highest BCUT2D eigenvalue weighted by molar-refractivity contribution is 5.82. The van der Waals surface area contributed by atoms with E-state index in [0.717, 1.165) is 5.56 Å². The molecule has 1 saturated heterocycles. The van der Waals surface area contributed by atoms with E-state index in [4.69, 9.17) is 0 Å². The number of piperidine rings is 1. The van der Waals surface area contributed by atoms with E-state index < -0.39 is 23.9 Å². The second-order valence-corrected chi connectivity index (χ2v) is 4.73. The number of carbonyl (C=O) groups is 1. The largest absolute Gasteiger partial charge is 0.471 e. The van der Waals surface area contributed by atoms with Crippen molar-refractivity contribution in [2.75, 3.05) is 13.1 Å². The highest BCUT2D eigenvalue weighted by atomic mass is 19.4. The molecule has 2 rings (SSSR count). The molecule has 1 aromatic rings. The van der Waals surface area contributed by atoms with E-state index in [-0.39, 0.29) is 12.5 Å². The van der Waals surface area contributed by atoms with Gasteiger partial charge in [0.15, 0.2) is 0 Å². The van der Waals surface area contributed by atoms with E-state index in [1.807, 2.05) is 5.32 Å². The molecule has 7 heteroatoms. The van der Waals surface area contributed by atoms with Gasteiger partial charge in [-0.25, -0.2) is 4.39 Å². The number of nitrogens with one attached hydrogen (secondary N) is 2. The molecule has 1 aromatic carbocycles. The Morgan fingerprint density at radius 2 is 1.90 bits per heavy atom. The zero-order valence-corrected chi connectivity index (χ0v) is 10.5. The second-order valence-electron chi connectivity index (χ2n) is 4.73. The lowest BCUT2D eigenvalue weighted by molar-refractivity contribution is -0.174. The zero-order chi connectivity index (χ0) is 14.8. The third kappa shape index (κ3) is 3.47. The van der Waals surface area contributed by atoms with Gasteiger partial charge >= 0.3 is 12.1 Å². The third-order valence-electron chi connectivity index (χ3n) is 3.35. The predicted octanol–water partition coefficient (Wildman–Crippen LogP) is 1.95. The summed E-state index contributed by atoms with van der Waals surface area (Å²) < 4.78 is 49.8. The average Bonchev–Trinajstić information content (AvgIpc) is 2.39. The van der Waals surface area contributed by atoms with Crippen LogP contribution in [0.4, 0.5) is 17.6 Å². The molecule has 1 heterocycles. The normalized spacial score (nSPS) is 23.4. The quantitative estimate of drug-likeness (QED) is 0.817. The molecule has 3 nitrogen and oxygen atoms in total. The van der Waals surface area contributed by atoms with E-state index in [0.29, 0.717) is 13.0 Å². The Morgan fingerprint density at radius 3 is 2.50 bits per heavy atom. The summed E-state index contributed by atoms with van der Waals surface area (Å²) in [5.41, 5.74) is 0.723. The van der Waals surface area contributed by atoms with Gasteiger partial charge in [-0.2, -0.15) is 13.2 Å². The van der Waals surface area contributed by atoms with E-state index in [1.165, 1.54) is 24.3 Å². The van der Waals surface area contributed by atoms with Crippen molar-refractivity contribution in [3.05, 3.63) is 35.6 Å². The fourth-order valence-electron chi connectivity index (χ4n) is 2.37. The molecule has 2 N–H and O–H groups in total. The summed E-state index contributed by atoms with van der Waals surface area (Å²) in [5.74, 6) is -2.61. The second kappa shape index (κ2) is 5.78. The molecule has 0 unspecified atom stereocenters. The lowest BCUT2D eigenvalue weighted by Gasteiger charge is -2.33. The standard InChI is InChI=1S/C13H14F4N2O/c14-9-3-1-8(2-4-9)10-5-6-18-7-11(10)19-12(20)13(15,16)17/h1-4,10-11,18H,5-7H2,(H,19,20)/t10-,11+/m1/s1. The number of hydrogen-bond donors (Lipinski definition) is 2. The highest BCUT2D eigenvalue weighted by Crippen LogP contribution is 2.27. The minimum Gasteiger partial charge on any atom is -0.344 e. The molecule has 110 valence electrons. The summed E-state index contributed by atoms with van der Waals surface area (Å²) in [7, 11) is 0. The van der Waals surface area contributed by atoms with E-state index >= 15 is 0 Å². The maximum Gasteiger partial charge on any atom is 0.471 e. The summed E-state index contributed by atoms with van der Waals surface area (Å²) in [5, 5.41) is 4.95. The number of alkyl halides is 3. The Morgan fingerprint density at radius 1 is 1.25 bits per heavy atom. The smallest absolute Gasteiger partial charge is 0.344 e. The van der Waals surface area contributed by atoms with Crippen molar-refractivity contribution >= 4 is 5.91 Å². The van der Waals surface area contributed by atoms with Crippen molar-refractivity contribution in [3.63, 3.8) is 0 Å². The van der Waals surface area contributed by atoms with Crippen molar-refractivity contribution in [2.24, 2.45) is 0 Å². The van der Waals surface area contributed by atoms with Gasteiger partial charge in [-0.05, 0) is 30.7 Å². The van der Waals surface area contributed by atoms with Crippen molar-refractivity contribution < 1.29 is 22.4 Å². The Balaban J connectivity index is 2.13. The fraction of sp³-hybridized carbons (Fsp3) is 0.462. The van der Waals surface area contributed by atoms with E-state index in [2.05, 4.69) is 5.32 Å². The topological polar surface area (TPSA) is 41.1 Å². The predicted molar refractivity (Wildman–Crippen MR) is 64.6 cm³/mol. The monoisotopic (exact) mass is 290 g/mol. The molecular formula is C13H14F4N2O. The van der Waals surface area contributed by atoms with E-state index in [1.54, 1.807) is 0 Å². The summed E-state index contributed by atoms with van der Waals surface area (Å²) in [6.45, 7) is 0.893. The van der Waals surface area contributed by atoms with Crippen LogP contribution in [0.1, 0.15) is 17.9 Å². The van der Waals surface area contributed by atoms with Crippen LogP contribution in [0.15, 0.2) is 24.3 Å². The van der Waals surface area contributed by atoms with Crippen LogP contribution in [0.3, 0.4) is 0 Å². The number of benzene rings is 1. The Kier molecular flexibility index (Phi) is 4.27. The van der Waals surface area contributed by atoms with Crippen LogP contribution in [0, 0.1) is 5.82 Å². The van der Waals surface area contributed by atoms with Crippen LogP contribution in [-0.4, -0.2) is 31.2 Å². The van der Waals surface area contributed by atoms with Crippen molar-refractivity contribution in [1.82, 2.24) is 10.6 Å². The minimum atomic E-state index is -4.90. The van der Waals surface area contributed by atoms with Crippen molar-refractivity contribution in [1.29, 1.82) is 0 Å². The number of halogens is 4. The summed E-state index contributed by atoms with van der Waals surface area (Å²) in [6.07, 6.45) is -4.32. The van der Waals surface area contributed by atoms with Gasteiger partial charge in [0.05, 0.1) is 0 Å². The molecule has 1 fully saturated rings. The van der Waals surface area contributed by atoms with Crippen LogP contribution < -0.4 is 10.6 Å². The highest BCUT2D eigenvalue weighted by Gasteiger charge is 2.41. The molecule has 0 bridgehead atoms. The lowest BCUT2D eigenvalue weighted by atomic mass is 9.86. The number of hydrogen-bond acceptors (Lipinski definition) is 2. The zero-order valence-electron chi connectivity index (χ0n) is 10.5. The molecule has 0 aliphatic carbocycles. The first kappa shape index (κ1) is 14.8. The van der Waals surface area contributed by atoms with Gasteiger partial charge in [0.1, 0.15) is 5.82 Å². The van der Waals surface area contributed by atoms with Crippen LogP contribution in [-0.2, 0) is 4.79 Å². The molecule has 1 aliphatic heterocycles. The van der Waals surface area contributed by atoms with Crippen molar-refractivity contribution in [2.45, 2.75) is 24.6 Å². The van der Waals surface area contributed by atoms with Crippen LogP contribution in [0.5, 0.6) is 0 Å². The Hall–Kier alpha value is -1.63. The molecular weight excluding hydrogens is 276 g/mol. The van der Waals surface area contributed by atoms with Gasteiger partial charge in [0, 0.05) is 18.5 Å². The fourth-order valence-corrected chi connectivity index (χ4v) is 2.37. The Bertz CT molecular complexity index is 472. The maximum absolute atomic E-state index is 12.9. The molecule has 0 saturated carbocycles. The number of amides is 1. The minimum absolute atomic E-state index is 0.254. The molecule has 1 aliphatic rings. The summed E-state index contributed by atoms with van der Waals surface area (Å²) in [4.78, 5) is 11.0. The van der Waals surface area contributed by atoms with Crippen LogP contribution in [0.25, 0.3) is 0 Å². The van der Waals surface area contributed by atoms with Gasteiger partial charge in [-0.15, -0.1) is 0 Å². The first-order chi connectivity index (χ1) is 9.38. The first-order valence-corrected chi connectivity index (χ1v) is 6.22. The molecule has 20 heavy (non-hydrogen) atoms. The van der Waals surface area contributed by atoms with E-state index in [9.17, 15) is 22.4 Å². The Labute approximate surface area is 113 Å². The van der Waals surface area contributed by atoms with Crippen LogP contribution in [0.2, 0.25) is 0 Å². The average molecular weight is 290 g/mol. The van der Waals surface area contributed by atoms with Gasteiger partial charge < -0.3 is 10.6 Å². The summed E-state index contributed by atoms with van der Waals surface area (Å²) >= 11 is 0. The SMILES string of the molecule is O=C(N[C@H]1CNCC[C@@H]1c1ccc(F)cc1)C(F)(F)F.